The molecular weight excluding hydrogens is 437 g/mol. The zero-order valence-electron chi connectivity index (χ0n) is 19.0. The van der Waals surface area contributed by atoms with Gasteiger partial charge < -0.3 is 20.1 Å². The second-order valence-corrected chi connectivity index (χ2v) is 9.12. The van der Waals surface area contributed by atoms with E-state index in [4.69, 9.17) is 4.74 Å². The van der Waals surface area contributed by atoms with Crippen LogP contribution in [-0.2, 0) is 15.7 Å². The third-order valence-electron chi connectivity index (χ3n) is 6.60. The normalized spacial score (nSPS) is 21.5. The number of alkyl carbamates (subject to hydrolysis) is 1. The van der Waals surface area contributed by atoms with Crippen molar-refractivity contribution in [2.75, 3.05) is 19.7 Å². The Hall–Kier alpha value is -2.29. The van der Waals surface area contributed by atoms with Crippen LogP contribution in [0.1, 0.15) is 75.3 Å². The molecule has 0 spiro atoms. The molecule has 2 aliphatic rings. The van der Waals surface area contributed by atoms with Crippen molar-refractivity contribution >= 4 is 12.0 Å². The van der Waals surface area contributed by atoms with E-state index >= 15 is 0 Å². The van der Waals surface area contributed by atoms with E-state index in [2.05, 4.69) is 5.32 Å². The molecule has 0 bridgehead atoms. The van der Waals surface area contributed by atoms with Gasteiger partial charge in [-0.2, -0.15) is 13.2 Å². The topological polar surface area (TPSA) is 78.9 Å². The highest BCUT2D eigenvalue weighted by atomic mass is 19.4. The largest absolute Gasteiger partial charge is 0.450 e. The predicted molar refractivity (Wildman–Crippen MR) is 117 cm³/mol. The van der Waals surface area contributed by atoms with E-state index in [1.54, 1.807) is 0 Å². The highest BCUT2D eigenvalue weighted by molar-refractivity contribution is 5.85. The van der Waals surface area contributed by atoms with Gasteiger partial charge in [-0.25, -0.2) is 4.79 Å². The molecule has 1 aromatic rings. The third-order valence-corrected chi connectivity index (χ3v) is 6.60. The van der Waals surface area contributed by atoms with Crippen LogP contribution in [-0.4, -0.2) is 53.3 Å². The molecule has 33 heavy (non-hydrogen) atoms. The summed E-state index contributed by atoms with van der Waals surface area (Å²) in [5, 5.41) is 14.2. The maximum absolute atomic E-state index is 13.6. The molecule has 1 aliphatic carbocycles. The van der Waals surface area contributed by atoms with Crippen LogP contribution in [0.3, 0.4) is 0 Å². The summed E-state index contributed by atoms with van der Waals surface area (Å²) >= 11 is 0. The third kappa shape index (κ3) is 6.40. The van der Waals surface area contributed by atoms with Crippen LogP contribution in [0.5, 0.6) is 0 Å². The molecule has 1 aromatic carbocycles. The van der Waals surface area contributed by atoms with Gasteiger partial charge in [0.2, 0.25) is 5.91 Å². The molecule has 184 valence electrons. The van der Waals surface area contributed by atoms with Crippen molar-refractivity contribution in [3.63, 3.8) is 0 Å². The lowest BCUT2D eigenvalue weighted by molar-refractivity contribution is -0.142. The first-order chi connectivity index (χ1) is 15.6. The fourth-order valence-corrected chi connectivity index (χ4v) is 4.81. The van der Waals surface area contributed by atoms with Crippen molar-refractivity contribution in [3.8, 4) is 0 Å². The number of rotatable bonds is 7. The van der Waals surface area contributed by atoms with Gasteiger partial charge >= 0.3 is 12.3 Å². The van der Waals surface area contributed by atoms with Gasteiger partial charge in [-0.3, -0.25) is 4.79 Å². The minimum absolute atomic E-state index is 0.176. The van der Waals surface area contributed by atoms with Crippen LogP contribution >= 0.6 is 0 Å². The van der Waals surface area contributed by atoms with E-state index in [0.717, 1.165) is 31.4 Å². The van der Waals surface area contributed by atoms with E-state index in [-0.39, 0.29) is 18.2 Å². The summed E-state index contributed by atoms with van der Waals surface area (Å²) in [7, 11) is 0. The molecule has 2 N–H and O–H groups in total. The van der Waals surface area contributed by atoms with Crippen molar-refractivity contribution in [1.82, 2.24) is 10.2 Å². The summed E-state index contributed by atoms with van der Waals surface area (Å²) in [6, 6.07) is 4.42. The van der Waals surface area contributed by atoms with Crippen molar-refractivity contribution in [2.45, 2.75) is 82.0 Å². The Labute approximate surface area is 192 Å². The Bertz CT molecular complexity index is 824. The second-order valence-electron chi connectivity index (χ2n) is 9.12. The molecular formula is C24H33F3N2O4. The average Bonchev–Trinajstić information content (AvgIpc) is 3.22. The predicted octanol–water partition coefficient (Wildman–Crippen LogP) is 4.61. The highest BCUT2D eigenvalue weighted by Gasteiger charge is 2.46. The summed E-state index contributed by atoms with van der Waals surface area (Å²) in [4.78, 5) is 27.1. The number of amides is 2. The van der Waals surface area contributed by atoms with Gasteiger partial charge in [-0.1, -0.05) is 50.8 Å². The summed E-state index contributed by atoms with van der Waals surface area (Å²) < 4.78 is 45.1. The first kappa shape index (κ1) is 25.3. The van der Waals surface area contributed by atoms with Gasteiger partial charge in [0.05, 0.1) is 29.7 Å². The number of ether oxygens (including phenoxy) is 1. The molecule has 0 aromatic heterocycles. The van der Waals surface area contributed by atoms with Crippen LogP contribution in [0, 0.1) is 0 Å². The number of likely N-dealkylation sites (tertiary alicyclic amines) is 1. The molecule has 2 amide bonds. The number of carbonyl (C=O) groups excluding carboxylic acids is 2. The van der Waals surface area contributed by atoms with Gasteiger partial charge in [0.25, 0.3) is 0 Å². The quantitative estimate of drug-likeness (QED) is 0.571. The minimum atomic E-state index is -4.54. The van der Waals surface area contributed by atoms with Crippen LogP contribution in [0.4, 0.5) is 18.0 Å². The number of carbonyl (C=O) groups is 2. The summed E-state index contributed by atoms with van der Waals surface area (Å²) in [6.07, 6.45) is 0.170. The van der Waals surface area contributed by atoms with Gasteiger partial charge in [-0.05, 0) is 37.3 Å². The standard InChI is InChI=1S/C24H33F3N2O4/c1-2-3-14-33-22(31)28-19-10-13-29(16-19)21(30)20(23(32)11-5-4-6-12-23)17-8-7-9-18(15-17)24(25,26)27/h7-9,15,19-20,32H,2-6,10-14,16H2,1H3,(H,28,31)/t19-,20?/m0/s1. The summed E-state index contributed by atoms with van der Waals surface area (Å²) in [5.41, 5.74) is -2.06. The fourth-order valence-electron chi connectivity index (χ4n) is 4.81. The molecule has 2 fully saturated rings. The lowest BCUT2D eigenvalue weighted by atomic mass is 9.72. The van der Waals surface area contributed by atoms with E-state index in [9.17, 15) is 27.9 Å². The van der Waals surface area contributed by atoms with Crippen molar-refractivity contribution in [2.24, 2.45) is 0 Å². The number of alkyl halides is 3. The average molecular weight is 471 g/mol. The zero-order chi connectivity index (χ0) is 24.1. The number of nitrogens with zero attached hydrogens (tertiary/aromatic N) is 1. The number of benzene rings is 1. The lowest BCUT2D eigenvalue weighted by Crippen LogP contribution is -2.48. The number of aliphatic hydroxyl groups is 1. The molecule has 2 atom stereocenters. The van der Waals surface area contributed by atoms with E-state index < -0.39 is 35.3 Å². The monoisotopic (exact) mass is 470 g/mol. The number of hydrogen-bond acceptors (Lipinski definition) is 4. The van der Waals surface area contributed by atoms with E-state index in [1.165, 1.54) is 17.0 Å². The minimum Gasteiger partial charge on any atom is -0.450 e. The Balaban J connectivity index is 1.78. The smallest absolute Gasteiger partial charge is 0.416 e. The molecule has 1 saturated heterocycles. The van der Waals surface area contributed by atoms with Gasteiger partial charge in [0, 0.05) is 13.1 Å². The van der Waals surface area contributed by atoms with Gasteiger partial charge in [0.1, 0.15) is 0 Å². The molecule has 6 nitrogen and oxygen atoms in total. The van der Waals surface area contributed by atoms with E-state index in [0.29, 0.717) is 45.3 Å². The molecule has 0 radical (unpaired) electrons. The first-order valence-electron chi connectivity index (χ1n) is 11.8. The number of unbranched alkanes of at least 4 members (excludes halogenated alkanes) is 1. The second kappa shape index (κ2) is 10.8. The summed E-state index contributed by atoms with van der Waals surface area (Å²) in [6.45, 7) is 2.89. The molecule has 9 heteroatoms. The molecule has 1 heterocycles. The maximum atomic E-state index is 13.6. The van der Waals surface area contributed by atoms with Crippen LogP contribution in [0.25, 0.3) is 0 Å². The Morgan fingerprint density at radius 3 is 2.67 bits per heavy atom. The first-order valence-corrected chi connectivity index (χ1v) is 11.8. The Kier molecular flexibility index (Phi) is 8.26. The molecule has 3 rings (SSSR count). The molecule has 1 aliphatic heterocycles. The Morgan fingerprint density at radius 1 is 1.27 bits per heavy atom. The van der Waals surface area contributed by atoms with Crippen molar-refractivity contribution in [1.29, 1.82) is 0 Å². The van der Waals surface area contributed by atoms with Gasteiger partial charge in [-0.15, -0.1) is 0 Å². The van der Waals surface area contributed by atoms with Crippen molar-refractivity contribution < 1.29 is 32.6 Å². The van der Waals surface area contributed by atoms with Crippen LogP contribution < -0.4 is 5.32 Å². The summed E-state index contributed by atoms with van der Waals surface area (Å²) in [5.74, 6) is -1.49. The van der Waals surface area contributed by atoms with Crippen LogP contribution in [0.2, 0.25) is 0 Å². The highest BCUT2D eigenvalue weighted by Crippen LogP contribution is 2.42. The molecule has 1 unspecified atom stereocenters. The fraction of sp³-hybridized carbons (Fsp3) is 0.667. The Morgan fingerprint density at radius 2 is 2.00 bits per heavy atom. The SMILES string of the molecule is CCCCOC(=O)N[C@H]1CCN(C(=O)C(c2cccc(C(F)(F)F)c2)C2(O)CCCCC2)C1. The van der Waals surface area contributed by atoms with Crippen LogP contribution in [0.15, 0.2) is 24.3 Å². The number of halogens is 3. The number of hydrogen-bond donors (Lipinski definition) is 2. The number of nitrogens with one attached hydrogen (secondary N) is 1. The lowest BCUT2D eigenvalue weighted by Gasteiger charge is -2.40. The zero-order valence-corrected chi connectivity index (χ0v) is 19.0. The van der Waals surface area contributed by atoms with Crippen molar-refractivity contribution in [3.05, 3.63) is 35.4 Å². The maximum Gasteiger partial charge on any atom is 0.416 e. The van der Waals surface area contributed by atoms with Gasteiger partial charge in [0.15, 0.2) is 0 Å². The molecule has 1 saturated carbocycles. The van der Waals surface area contributed by atoms with E-state index in [1.807, 2.05) is 6.92 Å².